The van der Waals surface area contributed by atoms with E-state index < -0.39 is 11.7 Å². The van der Waals surface area contributed by atoms with Gasteiger partial charge in [0.2, 0.25) is 0 Å². The van der Waals surface area contributed by atoms with Crippen LogP contribution in [0.15, 0.2) is 36.4 Å². The summed E-state index contributed by atoms with van der Waals surface area (Å²) in [4.78, 5) is 0. The highest BCUT2D eigenvalue weighted by molar-refractivity contribution is 5.85. The molecule has 0 heterocycles. The molecule has 0 saturated carbocycles. The average Bonchev–Trinajstić information content (AvgIpc) is 2.15. The predicted molar refractivity (Wildman–Crippen MR) is 47.8 cm³/mol. The van der Waals surface area contributed by atoms with E-state index in [0.29, 0.717) is 5.39 Å². The Balaban J connectivity index is 2.78. The molecule has 2 rings (SSSR count). The van der Waals surface area contributed by atoms with Crippen LogP contribution in [0.5, 0.6) is 0 Å². The van der Waals surface area contributed by atoms with Crippen molar-refractivity contribution in [2.75, 3.05) is 0 Å². The van der Waals surface area contributed by atoms with E-state index >= 15 is 0 Å². The minimum atomic E-state index is -4.30. The fourth-order valence-corrected chi connectivity index (χ4v) is 1.41. The summed E-state index contributed by atoms with van der Waals surface area (Å²) in [5, 5.41) is 0.779. The Morgan fingerprint density at radius 2 is 1.86 bits per heavy atom. The van der Waals surface area contributed by atoms with Crippen LogP contribution in [0.4, 0.5) is 13.2 Å². The fourth-order valence-electron chi connectivity index (χ4n) is 1.41. The lowest BCUT2D eigenvalue weighted by Gasteiger charge is -2.09. The summed E-state index contributed by atoms with van der Waals surface area (Å²) >= 11 is 0. The molecule has 2 aromatic rings. The summed E-state index contributed by atoms with van der Waals surface area (Å²) in [7, 11) is 0. The van der Waals surface area contributed by atoms with Gasteiger partial charge in [-0.1, -0.05) is 24.3 Å². The Bertz CT molecular complexity index is 452. The van der Waals surface area contributed by atoms with E-state index in [4.69, 9.17) is 0 Å². The van der Waals surface area contributed by atoms with Gasteiger partial charge in [0.05, 0.1) is 5.56 Å². The maximum atomic E-state index is 12.5. The van der Waals surface area contributed by atoms with Gasteiger partial charge in [-0.2, -0.15) is 13.2 Å². The van der Waals surface area contributed by atoms with E-state index in [1.165, 1.54) is 12.1 Å². The second-order valence-corrected chi connectivity index (χ2v) is 2.95. The van der Waals surface area contributed by atoms with Gasteiger partial charge in [0.1, 0.15) is 0 Å². The highest BCUT2D eigenvalue weighted by atomic mass is 19.4. The van der Waals surface area contributed by atoms with Crippen molar-refractivity contribution in [2.24, 2.45) is 0 Å². The van der Waals surface area contributed by atoms with Crippen molar-refractivity contribution in [2.45, 2.75) is 6.18 Å². The average molecular weight is 195 g/mol. The molecule has 0 spiro atoms. The van der Waals surface area contributed by atoms with E-state index in [2.05, 4.69) is 6.07 Å². The molecule has 0 saturated heterocycles. The van der Waals surface area contributed by atoms with E-state index in [1.54, 1.807) is 18.2 Å². The van der Waals surface area contributed by atoms with Crippen LogP contribution in [0.25, 0.3) is 10.8 Å². The van der Waals surface area contributed by atoms with E-state index in [1.807, 2.05) is 0 Å². The molecule has 0 N–H and O–H groups in total. The second-order valence-electron chi connectivity index (χ2n) is 2.95. The lowest BCUT2D eigenvalue weighted by atomic mass is 10.0. The molecule has 0 aliphatic heterocycles. The van der Waals surface area contributed by atoms with Crippen LogP contribution in [0.3, 0.4) is 0 Å². The molecule has 3 heteroatoms. The number of hydrogen-bond acceptors (Lipinski definition) is 0. The Kier molecular flexibility index (Phi) is 1.95. The van der Waals surface area contributed by atoms with Crippen LogP contribution in [0.1, 0.15) is 5.56 Å². The molecule has 1 radical (unpaired) electrons. The number of alkyl halides is 3. The van der Waals surface area contributed by atoms with Crippen LogP contribution >= 0.6 is 0 Å². The first kappa shape index (κ1) is 9.06. The minimum absolute atomic E-state index is 0.197. The smallest absolute Gasteiger partial charge is 0.166 e. The number of halogens is 3. The summed E-state index contributed by atoms with van der Waals surface area (Å²) in [6.07, 6.45) is -4.30. The van der Waals surface area contributed by atoms with Crippen molar-refractivity contribution in [1.82, 2.24) is 0 Å². The summed E-state index contributed by atoms with van der Waals surface area (Å²) in [5.41, 5.74) is -0.605. The lowest BCUT2D eigenvalue weighted by Crippen LogP contribution is -2.05. The lowest BCUT2D eigenvalue weighted by molar-refractivity contribution is -0.136. The van der Waals surface area contributed by atoms with Crippen LogP contribution in [0, 0.1) is 6.07 Å². The van der Waals surface area contributed by atoms with Gasteiger partial charge in [-0.15, -0.1) is 0 Å². The van der Waals surface area contributed by atoms with Gasteiger partial charge in [-0.3, -0.25) is 0 Å². The number of fused-ring (bicyclic) bond motifs is 1. The number of rotatable bonds is 0. The molecule has 0 nitrogen and oxygen atoms in total. The fraction of sp³-hybridized carbons (Fsp3) is 0.0909. The quantitative estimate of drug-likeness (QED) is 0.601. The van der Waals surface area contributed by atoms with E-state index in [0.717, 1.165) is 6.07 Å². The largest absolute Gasteiger partial charge is 0.417 e. The molecule has 0 atom stereocenters. The van der Waals surface area contributed by atoms with Gasteiger partial charge in [-0.05, 0) is 29.0 Å². The molecule has 14 heavy (non-hydrogen) atoms. The van der Waals surface area contributed by atoms with Crippen molar-refractivity contribution in [3.63, 3.8) is 0 Å². The normalized spacial score (nSPS) is 11.9. The second kappa shape index (κ2) is 3.01. The summed E-state index contributed by atoms with van der Waals surface area (Å²) in [6.45, 7) is 0. The van der Waals surface area contributed by atoms with Crippen molar-refractivity contribution in [1.29, 1.82) is 0 Å². The Hall–Kier alpha value is -1.51. The monoisotopic (exact) mass is 195 g/mol. The zero-order chi connectivity index (χ0) is 10.2. The Labute approximate surface area is 79.0 Å². The molecular formula is C11H6F3. The Morgan fingerprint density at radius 1 is 1.07 bits per heavy atom. The van der Waals surface area contributed by atoms with Gasteiger partial charge in [0.15, 0.2) is 0 Å². The zero-order valence-corrected chi connectivity index (χ0v) is 7.10. The molecule has 2 aromatic carbocycles. The third kappa shape index (κ3) is 1.45. The van der Waals surface area contributed by atoms with E-state index in [-0.39, 0.29) is 5.39 Å². The zero-order valence-electron chi connectivity index (χ0n) is 7.10. The topological polar surface area (TPSA) is 0 Å². The van der Waals surface area contributed by atoms with Crippen molar-refractivity contribution >= 4 is 10.8 Å². The predicted octanol–water partition coefficient (Wildman–Crippen LogP) is 3.66. The first-order valence-corrected chi connectivity index (χ1v) is 4.05. The van der Waals surface area contributed by atoms with Gasteiger partial charge >= 0.3 is 6.18 Å². The standard InChI is InChI=1S/C11H6F3/c12-11(13,14)10-7-3-5-8-4-1-2-6-9(8)10/h1,3-7H. The first-order valence-electron chi connectivity index (χ1n) is 4.05. The summed E-state index contributed by atoms with van der Waals surface area (Å²) in [6, 6.07) is 11.4. The highest BCUT2D eigenvalue weighted by Gasteiger charge is 2.31. The van der Waals surface area contributed by atoms with Crippen LogP contribution in [0.2, 0.25) is 0 Å². The minimum Gasteiger partial charge on any atom is -0.166 e. The molecule has 0 unspecified atom stereocenters. The maximum Gasteiger partial charge on any atom is 0.417 e. The molecular weight excluding hydrogens is 189 g/mol. The van der Waals surface area contributed by atoms with Gasteiger partial charge in [0, 0.05) is 0 Å². The molecule has 0 aliphatic carbocycles. The Morgan fingerprint density at radius 3 is 2.57 bits per heavy atom. The van der Waals surface area contributed by atoms with Crippen molar-refractivity contribution in [3.05, 3.63) is 48.0 Å². The third-order valence-electron chi connectivity index (χ3n) is 2.03. The van der Waals surface area contributed by atoms with Crippen molar-refractivity contribution < 1.29 is 13.2 Å². The summed E-state index contributed by atoms with van der Waals surface area (Å²) in [5.74, 6) is 0. The van der Waals surface area contributed by atoms with Crippen LogP contribution < -0.4 is 0 Å². The van der Waals surface area contributed by atoms with Crippen molar-refractivity contribution in [3.8, 4) is 0 Å². The number of benzene rings is 2. The SMILES string of the molecule is FC(F)(F)c1cccc2cc[c]cc12. The van der Waals surface area contributed by atoms with Gasteiger partial charge in [0.25, 0.3) is 0 Å². The third-order valence-corrected chi connectivity index (χ3v) is 2.03. The molecule has 0 aromatic heterocycles. The number of hydrogen-bond donors (Lipinski definition) is 0. The van der Waals surface area contributed by atoms with Crippen LogP contribution in [-0.2, 0) is 6.18 Å². The highest BCUT2D eigenvalue weighted by Crippen LogP contribution is 2.34. The first-order chi connectivity index (χ1) is 6.59. The molecule has 0 amide bonds. The van der Waals surface area contributed by atoms with Crippen LogP contribution in [-0.4, -0.2) is 0 Å². The maximum absolute atomic E-state index is 12.5. The molecule has 0 aliphatic rings. The molecule has 71 valence electrons. The van der Waals surface area contributed by atoms with Gasteiger partial charge < -0.3 is 0 Å². The van der Waals surface area contributed by atoms with E-state index in [9.17, 15) is 13.2 Å². The molecule has 0 fully saturated rings. The summed E-state index contributed by atoms with van der Waals surface area (Å²) < 4.78 is 37.5. The molecule has 0 bridgehead atoms. The van der Waals surface area contributed by atoms with Gasteiger partial charge in [-0.25, -0.2) is 0 Å².